The molecule has 0 aliphatic carbocycles. The van der Waals surface area contributed by atoms with Crippen molar-refractivity contribution >= 4 is 0 Å². The molecule has 0 saturated heterocycles. The minimum atomic E-state index is -5.76. The molecule has 11 heteroatoms. The summed E-state index contributed by atoms with van der Waals surface area (Å²) < 4.78 is 56.3. The van der Waals surface area contributed by atoms with Crippen molar-refractivity contribution in [2.45, 2.75) is 0 Å². The second-order valence-corrected chi connectivity index (χ2v) is 4.68. The fourth-order valence-electron chi connectivity index (χ4n) is 0.109. The molecular formula is H5Cr2LiO8. The van der Waals surface area contributed by atoms with Gasteiger partial charge in [-0.05, 0) is 0 Å². The fraction of sp³-hybridized carbons (Fsp3) is 0. The molecule has 0 aromatic heterocycles. The molecule has 8 nitrogen and oxygen atoms in total. The first-order chi connectivity index (χ1) is 3.71. The summed E-state index contributed by atoms with van der Waals surface area (Å²) >= 11 is -11.5. The van der Waals surface area contributed by atoms with Crippen molar-refractivity contribution in [3.05, 3.63) is 0 Å². The average Bonchev–Trinajstić information content (AvgIpc) is 1.14. The third-order valence-corrected chi connectivity index (χ3v) is 2.92. The van der Waals surface area contributed by atoms with E-state index in [1.165, 1.54) is 0 Å². The normalized spacial score (nSPS) is 11.1. The average molecular weight is 244 g/mol. The molecule has 0 aliphatic heterocycles. The zero-order chi connectivity index (χ0) is 7.71. The molecule has 0 fully saturated rings. The topological polar surface area (TPSA) is 149 Å². The summed E-state index contributed by atoms with van der Waals surface area (Å²) in [5.74, 6) is 0. The van der Waals surface area contributed by atoms with Crippen LogP contribution in [0.4, 0.5) is 0 Å². The molecule has 0 aromatic rings. The Morgan fingerprint density at radius 2 is 1.18 bits per heavy atom. The second kappa shape index (κ2) is 5.37. The van der Waals surface area contributed by atoms with E-state index in [2.05, 4.69) is 2.84 Å². The zero-order valence-corrected chi connectivity index (χ0v) is 7.80. The maximum atomic E-state index is 9.53. The van der Waals surface area contributed by atoms with Crippen LogP contribution in [-0.4, -0.2) is 13.8 Å². The molecule has 0 aromatic carbocycles. The van der Waals surface area contributed by atoms with Gasteiger partial charge in [0.25, 0.3) is 0 Å². The Hall–Kier alpha value is 0.702. The van der Waals surface area contributed by atoms with E-state index in [4.69, 9.17) is 8.32 Å². The van der Waals surface area contributed by atoms with Crippen molar-refractivity contribution in [2.75, 3.05) is 0 Å². The van der Waals surface area contributed by atoms with Crippen LogP contribution in [0.2, 0.25) is 0 Å². The summed E-state index contributed by atoms with van der Waals surface area (Å²) in [6.07, 6.45) is 0. The van der Waals surface area contributed by atoms with Crippen LogP contribution in [0.3, 0.4) is 0 Å². The first-order valence-electron chi connectivity index (χ1n) is 1.37. The predicted molar refractivity (Wildman–Crippen MR) is 13.0 cm³/mol. The van der Waals surface area contributed by atoms with Crippen molar-refractivity contribution in [1.29, 1.82) is 0 Å². The Morgan fingerprint density at radius 1 is 1.00 bits per heavy atom. The molecule has 11 heavy (non-hydrogen) atoms. The first-order valence-corrected chi connectivity index (χ1v) is 5.63. The molecular weight excluding hydrogens is 239 g/mol. The molecule has 0 heterocycles. The van der Waals surface area contributed by atoms with Crippen molar-refractivity contribution in [2.24, 2.45) is 0 Å². The van der Waals surface area contributed by atoms with E-state index in [0.717, 1.165) is 0 Å². The monoisotopic (exact) mass is 244 g/mol. The SMILES string of the molecule is O.[H-].[Li+].[O]=[Cr](=[O])([OH])[O][Cr](=[O])(=[O])[OH]. The maximum absolute atomic E-state index is 9.53. The van der Waals surface area contributed by atoms with Gasteiger partial charge in [-0.3, -0.25) is 0 Å². The van der Waals surface area contributed by atoms with E-state index in [-0.39, 0.29) is 25.8 Å². The van der Waals surface area contributed by atoms with Gasteiger partial charge in [-0.1, -0.05) is 0 Å². The summed E-state index contributed by atoms with van der Waals surface area (Å²) in [6.45, 7) is 0. The Bertz CT molecular complexity index is 242. The van der Waals surface area contributed by atoms with E-state index in [1.54, 1.807) is 0 Å². The van der Waals surface area contributed by atoms with Gasteiger partial charge in [0.1, 0.15) is 0 Å². The van der Waals surface area contributed by atoms with E-state index in [0.29, 0.717) is 0 Å². The van der Waals surface area contributed by atoms with Gasteiger partial charge in [0.2, 0.25) is 0 Å². The van der Waals surface area contributed by atoms with E-state index < -0.39 is 27.2 Å². The van der Waals surface area contributed by atoms with Crippen molar-refractivity contribution in [3.63, 3.8) is 0 Å². The van der Waals surface area contributed by atoms with Gasteiger partial charge in [0.15, 0.2) is 0 Å². The van der Waals surface area contributed by atoms with Crippen molar-refractivity contribution in [3.8, 4) is 0 Å². The predicted octanol–water partition coefficient (Wildman–Crippen LogP) is -5.37. The van der Waals surface area contributed by atoms with Crippen molar-refractivity contribution < 1.29 is 79.4 Å². The summed E-state index contributed by atoms with van der Waals surface area (Å²) in [6, 6.07) is 0. The van der Waals surface area contributed by atoms with Gasteiger partial charge >= 0.3 is 72.5 Å². The summed E-state index contributed by atoms with van der Waals surface area (Å²) in [7, 11) is 0. The van der Waals surface area contributed by atoms with Gasteiger partial charge in [-0.15, -0.1) is 0 Å². The number of hydrogen-bond acceptors (Lipinski definition) is 5. The molecule has 0 aliphatic rings. The summed E-state index contributed by atoms with van der Waals surface area (Å²) in [5.41, 5.74) is 0. The Morgan fingerprint density at radius 3 is 1.18 bits per heavy atom. The molecule has 0 bridgehead atoms. The molecule has 0 radical (unpaired) electrons. The molecule has 4 N–H and O–H groups in total. The standard InChI is InChI=1S/2Cr.Li.3H2O.5O.H/h;;;3*1H2;;;;;;/q3*+1;;;;;;;;;-1/p-2. The zero-order valence-electron chi connectivity index (χ0n) is 6.25. The Kier molecular flexibility index (Phi) is 8.63. The molecule has 66 valence electrons. The molecule has 0 rings (SSSR count). The second-order valence-electron chi connectivity index (χ2n) is 0.924. The molecule has 0 saturated carbocycles. The van der Waals surface area contributed by atoms with E-state index in [1.807, 2.05) is 0 Å². The van der Waals surface area contributed by atoms with Crippen LogP contribution < -0.4 is 18.9 Å². The fourth-order valence-corrected chi connectivity index (χ4v) is 1.85. The van der Waals surface area contributed by atoms with Gasteiger partial charge < -0.3 is 6.90 Å². The molecule has 0 atom stereocenters. The van der Waals surface area contributed by atoms with E-state index in [9.17, 15) is 15.2 Å². The molecule has 0 unspecified atom stereocenters. The van der Waals surface area contributed by atoms with Gasteiger partial charge in [0.05, 0.1) is 0 Å². The third-order valence-electron chi connectivity index (χ3n) is 0.172. The van der Waals surface area contributed by atoms with Crippen LogP contribution >= 0.6 is 0 Å². The Balaban J connectivity index is -0.000000107. The minimum absolute atomic E-state index is 0. The van der Waals surface area contributed by atoms with Gasteiger partial charge in [-0.25, -0.2) is 0 Å². The Labute approximate surface area is 79.3 Å². The third kappa shape index (κ3) is 18.0. The van der Waals surface area contributed by atoms with Crippen LogP contribution in [0.5, 0.6) is 0 Å². The van der Waals surface area contributed by atoms with Crippen molar-refractivity contribution in [1.82, 2.24) is 0 Å². The van der Waals surface area contributed by atoms with Crippen LogP contribution in [0, 0.1) is 0 Å². The molecule has 0 amide bonds. The number of rotatable bonds is 2. The van der Waals surface area contributed by atoms with Gasteiger partial charge in [0, 0.05) is 0 Å². The molecule has 0 spiro atoms. The summed E-state index contributed by atoms with van der Waals surface area (Å²) in [5, 5.41) is 0. The van der Waals surface area contributed by atoms with Crippen LogP contribution in [-0.2, 0) is 45.3 Å². The van der Waals surface area contributed by atoms with Crippen LogP contribution in [0.1, 0.15) is 1.43 Å². The first kappa shape index (κ1) is 17.7. The number of hydrogen-bond donors (Lipinski definition) is 2. The van der Waals surface area contributed by atoms with E-state index >= 15 is 0 Å². The van der Waals surface area contributed by atoms with Crippen LogP contribution in [0.15, 0.2) is 0 Å². The quantitative estimate of drug-likeness (QED) is 0.460. The van der Waals surface area contributed by atoms with Gasteiger partial charge in [-0.2, -0.15) is 0 Å². The van der Waals surface area contributed by atoms with Crippen LogP contribution in [0.25, 0.3) is 0 Å². The summed E-state index contributed by atoms with van der Waals surface area (Å²) in [4.78, 5) is 0.